The van der Waals surface area contributed by atoms with E-state index in [-0.39, 0.29) is 11.6 Å². The fourth-order valence-electron chi connectivity index (χ4n) is 3.49. The second-order valence-corrected chi connectivity index (χ2v) is 6.88. The third-order valence-electron chi connectivity index (χ3n) is 5.08. The first kappa shape index (κ1) is 17.4. The molecule has 0 bridgehead atoms. The molecular weight excluding hydrogens is 340 g/mol. The Morgan fingerprint density at radius 3 is 2.67 bits per heavy atom. The van der Waals surface area contributed by atoms with Crippen molar-refractivity contribution in [2.24, 2.45) is 0 Å². The molecule has 0 radical (unpaired) electrons. The van der Waals surface area contributed by atoms with Crippen molar-refractivity contribution in [2.75, 3.05) is 11.4 Å². The number of β-amino-alcohol motifs (C(OH)–C–C–N with tert-alkyl or cyclic N) is 1. The van der Waals surface area contributed by atoms with E-state index in [2.05, 4.69) is 11.9 Å². The number of rotatable bonds is 4. The molecule has 3 heterocycles. The summed E-state index contributed by atoms with van der Waals surface area (Å²) in [5, 5.41) is 10.7. The van der Waals surface area contributed by atoms with E-state index in [0.717, 1.165) is 17.5 Å². The highest BCUT2D eigenvalue weighted by molar-refractivity contribution is 5.59. The molecule has 0 amide bonds. The van der Waals surface area contributed by atoms with Gasteiger partial charge in [-0.3, -0.25) is 14.3 Å². The summed E-state index contributed by atoms with van der Waals surface area (Å²) >= 11 is 0. The topological polar surface area (TPSA) is 71.2 Å². The van der Waals surface area contributed by atoms with Gasteiger partial charge in [-0.05, 0) is 31.0 Å². The highest BCUT2D eigenvalue weighted by Gasteiger charge is 2.28. The molecule has 2 aromatic heterocycles. The van der Waals surface area contributed by atoms with Gasteiger partial charge < -0.3 is 10.0 Å². The molecule has 1 N–H and O–H groups in total. The Labute approximate surface area is 157 Å². The average Bonchev–Trinajstić information content (AvgIpc) is 2.71. The van der Waals surface area contributed by atoms with Gasteiger partial charge in [0.25, 0.3) is 5.56 Å². The number of aliphatic hydroxyl groups is 1. The number of anilines is 1. The van der Waals surface area contributed by atoms with Crippen molar-refractivity contribution in [2.45, 2.75) is 32.0 Å². The van der Waals surface area contributed by atoms with E-state index in [0.29, 0.717) is 24.7 Å². The average molecular weight is 362 g/mol. The number of hydrogen-bond donors (Lipinski definition) is 1. The molecule has 138 valence electrons. The van der Waals surface area contributed by atoms with E-state index in [4.69, 9.17) is 4.98 Å². The zero-order chi connectivity index (χ0) is 18.8. The first-order valence-electron chi connectivity index (χ1n) is 9.15. The number of nitrogens with zero attached hydrogens (tertiary/aromatic N) is 4. The fraction of sp³-hybridized carbons (Fsp3) is 0.286. The van der Waals surface area contributed by atoms with Gasteiger partial charge in [-0.2, -0.15) is 0 Å². The predicted molar refractivity (Wildman–Crippen MR) is 105 cm³/mol. The fourth-order valence-corrected chi connectivity index (χ4v) is 3.49. The van der Waals surface area contributed by atoms with Gasteiger partial charge in [0.15, 0.2) is 0 Å². The van der Waals surface area contributed by atoms with E-state index >= 15 is 0 Å². The highest BCUT2D eigenvalue weighted by atomic mass is 16.3. The Kier molecular flexibility index (Phi) is 4.73. The van der Waals surface area contributed by atoms with Crippen LogP contribution >= 0.6 is 0 Å². The molecule has 1 aliphatic heterocycles. The molecule has 1 aromatic carbocycles. The van der Waals surface area contributed by atoms with Crippen LogP contribution in [0.2, 0.25) is 0 Å². The maximum Gasteiger partial charge on any atom is 0.255 e. The SMILES string of the molecule is CC1CCn2c(nc(-c3ccncc3)cc2=O)N1C[C@H](O)c1ccccc1. The van der Waals surface area contributed by atoms with Crippen molar-refractivity contribution in [3.8, 4) is 11.3 Å². The number of aromatic nitrogens is 3. The summed E-state index contributed by atoms with van der Waals surface area (Å²) < 4.78 is 1.70. The van der Waals surface area contributed by atoms with Crippen molar-refractivity contribution >= 4 is 5.95 Å². The van der Waals surface area contributed by atoms with E-state index in [1.54, 1.807) is 23.0 Å². The molecule has 4 rings (SSSR count). The summed E-state index contributed by atoms with van der Waals surface area (Å²) in [6.07, 6.45) is 3.56. The predicted octanol–water partition coefficient (Wildman–Crippen LogP) is 2.64. The van der Waals surface area contributed by atoms with Crippen LogP contribution in [0, 0.1) is 0 Å². The van der Waals surface area contributed by atoms with Gasteiger partial charge >= 0.3 is 0 Å². The van der Waals surface area contributed by atoms with Crippen LogP contribution < -0.4 is 10.5 Å². The summed E-state index contributed by atoms with van der Waals surface area (Å²) in [5.41, 5.74) is 2.27. The first-order chi connectivity index (χ1) is 13.1. The number of pyridine rings is 1. The van der Waals surface area contributed by atoms with E-state index in [1.807, 2.05) is 47.4 Å². The van der Waals surface area contributed by atoms with E-state index < -0.39 is 6.10 Å². The molecule has 3 aromatic rings. The Balaban J connectivity index is 1.72. The highest BCUT2D eigenvalue weighted by Crippen LogP contribution is 2.27. The lowest BCUT2D eigenvalue weighted by Crippen LogP contribution is -2.45. The minimum atomic E-state index is -0.651. The summed E-state index contributed by atoms with van der Waals surface area (Å²) in [6, 6.07) is 15.0. The van der Waals surface area contributed by atoms with Gasteiger partial charge in [0, 0.05) is 36.6 Å². The monoisotopic (exact) mass is 362 g/mol. The van der Waals surface area contributed by atoms with Gasteiger partial charge in [0.1, 0.15) is 0 Å². The quantitative estimate of drug-likeness (QED) is 0.773. The zero-order valence-electron chi connectivity index (χ0n) is 15.2. The van der Waals surface area contributed by atoms with Crippen LogP contribution in [-0.2, 0) is 6.54 Å². The number of hydrogen-bond acceptors (Lipinski definition) is 5. The maximum absolute atomic E-state index is 12.7. The number of benzene rings is 1. The molecule has 6 nitrogen and oxygen atoms in total. The Morgan fingerprint density at radius 1 is 1.19 bits per heavy atom. The number of fused-ring (bicyclic) bond motifs is 1. The Morgan fingerprint density at radius 2 is 1.93 bits per heavy atom. The normalized spacial score (nSPS) is 17.4. The minimum Gasteiger partial charge on any atom is -0.387 e. The molecule has 0 saturated carbocycles. The largest absolute Gasteiger partial charge is 0.387 e. The summed E-state index contributed by atoms with van der Waals surface area (Å²) in [4.78, 5) is 23.5. The lowest BCUT2D eigenvalue weighted by Gasteiger charge is -2.37. The summed E-state index contributed by atoms with van der Waals surface area (Å²) in [7, 11) is 0. The van der Waals surface area contributed by atoms with Crippen LogP contribution in [0.3, 0.4) is 0 Å². The summed E-state index contributed by atoms with van der Waals surface area (Å²) in [6.45, 7) is 3.13. The van der Waals surface area contributed by atoms with Crippen molar-refractivity contribution in [1.29, 1.82) is 0 Å². The van der Waals surface area contributed by atoms with E-state index in [9.17, 15) is 9.90 Å². The van der Waals surface area contributed by atoms with Crippen LogP contribution in [0.1, 0.15) is 25.0 Å². The molecule has 6 heteroatoms. The zero-order valence-corrected chi connectivity index (χ0v) is 15.2. The minimum absolute atomic E-state index is 0.0714. The lowest BCUT2D eigenvalue weighted by molar-refractivity contribution is 0.177. The van der Waals surface area contributed by atoms with Gasteiger partial charge in [-0.15, -0.1) is 0 Å². The smallest absolute Gasteiger partial charge is 0.255 e. The van der Waals surface area contributed by atoms with Gasteiger partial charge in [0.05, 0.1) is 18.3 Å². The van der Waals surface area contributed by atoms with Gasteiger partial charge in [-0.25, -0.2) is 4.98 Å². The molecular formula is C21H22N4O2. The lowest BCUT2D eigenvalue weighted by atomic mass is 10.1. The van der Waals surface area contributed by atoms with Crippen molar-refractivity contribution in [1.82, 2.24) is 14.5 Å². The molecule has 0 spiro atoms. The number of aliphatic hydroxyl groups excluding tert-OH is 1. The molecule has 0 fully saturated rings. The first-order valence-corrected chi connectivity index (χ1v) is 9.15. The van der Waals surface area contributed by atoms with Crippen molar-refractivity contribution in [3.63, 3.8) is 0 Å². The summed E-state index contributed by atoms with van der Waals surface area (Å²) in [5.74, 6) is 0.614. The van der Waals surface area contributed by atoms with Crippen LogP contribution in [0.15, 0.2) is 65.7 Å². The van der Waals surface area contributed by atoms with Crippen molar-refractivity contribution < 1.29 is 5.11 Å². The Bertz CT molecular complexity index is 972. The van der Waals surface area contributed by atoms with Crippen LogP contribution in [0.5, 0.6) is 0 Å². The molecule has 0 aliphatic carbocycles. The molecule has 27 heavy (non-hydrogen) atoms. The molecule has 2 atom stereocenters. The molecule has 0 saturated heterocycles. The molecule has 1 unspecified atom stereocenters. The van der Waals surface area contributed by atoms with Gasteiger partial charge in [0.2, 0.25) is 5.95 Å². The second kappa shape index (κ2) is 7.32. The van der Waals surface area contributed by atoms with Gasteiger partial charge in [-0.1, -0.05) is 30.3 Å². The van der Waals surface area contributed by atoms with Crippen LogP contribution in [0.25, 0.3) is 11.3 Å². The second-order valence-electron chi connectivity index (χ2n) is 6.88. The van der Waals surface area contributed by atoms with Crippen LogP contribution in [-0.4, -0.2) is 32.2 Å². The molecule has 1 aliphatic rings. The Hall–Kier alpha value is -2.99. The third-order valence-corrected chi connectivity index (χ3v) is 5.08. The standard InChI is InChI=1S/C21H22N4O2/c1-15-9-12-24-20(27)13-18(16-7-10-22-11-8-16)23-21(24)25(15)14-19(26)17-5-3-2-4-6-17/h2-8,10-11,13,15,19,26H,9,12,14H2,1H3/t15?,19-/m0/s1. The maximum atomic E-state index is 12.7. The van der Waals surface area contributed by atoms with Crippen LogP contribution in [0.4, 0.5) is 5.95 Å². The third kappa shape index (κ3) is 3.48. The van der Waals surface area contributed by atoms with E-state index in [1.165, 1.54) is 0 Å². The van der Waals surface area contributed by atoms with Crippen molar-refractivity contribution in [3.05, 3.63) is 76.8 Å².